The van der Waals surface area contributed by atoms with Crippen LogP contribution in [0, 0.1) is 6.92 Å². The topological polar surface area (TPSA) is 62.6 Å². The second kappa shape index (κ2) is 7.19. The summed E-state index contributed by atoms with van der Waals surface area (Å²) in [5.74, 6) is 1.43. The number of hydrogen-bond donors (Lipinski definition) is 1. The highest BCUT2D eigenvalue weighted by molar-refractivity contribution is 5.98. The van der Waals surface area contributed by atoms with Gasteiger partial charge in [0.05, 0.1) is 18.9 Å². The Hall–Kier alpha value is -2.47. The van der Waals surface area contributed by atoms with Crippen molar-refractivity contribution in [3.8, 4) is 0 Å². The maximum Gasteiger partial charge on any atom is 0.227 e. The third kappa shape index (κ3) is 4.04. The molecule has 6 heteroatoms. The molecule has 1 fully saturated rings. The molecule has 3 rings (SSSR count). The molecule has 1 aromatic heterocycles. The number of aromatic nitrogens is 2. The highest BCUT2D eigenvalue weighted by atomic mass is 16.5. The van der Waals surface area contributed by atoms with Crippen molar-refractivity contribution in [2.24, 2.45) is 5.10 Å². The predicted octanol–water partition coefficient (Wildman–Crippen LogP) is 2.46. The Morgan fingerprint density at radius 2 is 1.91 bits per heavy atom. The number of aryl methyl sites for hydroxylation is 1. The number of anilines is 2. The van der Waals surface area contributed by atoms with E-state index in [0.717, 1.165) is 36.0 Å². The van der Waals surface area contributed by atoms with Crippen LogP contribution >= 0.6 is 0 Å². The van der Waals surface area contributed by atoms with Crippen molar-refractivity contribution in [2.45, 2.75) is 13.8 Å². The number of hydrazone groups is 1. The van der Waals surface area contributed by atoms with Gasteiger partial charge in [0.2, 0.25) is 5.95 Å². The van der Waals surface area contributed by atoms with Crippen molar-refractivity contribution < 1.29 is 4.74 Å². The van der Waals surface area contributed by atoms with Gasteiger partial charge < -0.3 is 9.64 Å². The molecule has 6 nitrogen and oxygen atoms in total. The molecule has 1 aliphatic heterocycles. The molecular formula is C17H21N5O. The minimum absolute atomic E-state index is 0.703. The molecule has 1 aliphatic rings. The molecule has 0 amide bonds. The van der Waals surface area contributed by atoms with Crippen LogP contribution in [0.1, 0.15) is 18.2 Å². The van der Waals surface area contributed by atoms with Crippen LogP contribution in [0.2, 0.25) is 0 Å². The first kappa shape index (κ1) is 15.4. The lowest BCUT2D eigenvalue weighted by atomic mass is 10.1. The van der Waals surface area contributed by atoms with E-state index in [1.807, 2.05) is 50.2 Å². The lowest BCUT2D eigenvalue weighted by Gasteiger charge is -2.27. The highest BCUT2D eigenvalue weighted by Gasteiger charge is 2.14. The lowest BCUT2D eigenvalue weighted by Crippen LogP contribution is -2.37. The summed E-state index contributed by atoms with van der Waals surface area (Å²) in [6.07, 6.45) is 0. The summed E-state index contributed by atoms with van der Waals surface area (Å²) in [5.41, 5.74) is 5.95. The zero-order valence-corrected chi connectivity index (χ0v) is 13.5. The summed E-state index contributed by atoms with van der Waals surface area (Å²) >= 11 is 0. The molecule has 1 saturated heterocycles. The van der Waals surface area contributed by atoms with Crippen molar-refractivity contribution in [3.63, 3.8) is 0 Å². The van der Waals surface area contributed by atoms with E-state index in [1.54, 1.807) is 0 Å². The fourth-order valence-electron chi connectivity index (χ4n) is 2.40. The molecule has 120 valence electrons. The molecular weight excluding hydrogens is 290 g/mol. The Kier molecular flexibility index (Phi) is 4.83. The van der Waals surface area contributed by atoms with Gasteiger partial charge in [0.1, 0.15) is 0 Å². The Balaban J connectivity index is 1.76. The summed E-state index contributed by atoms with van der Waals surface area (Å²) in [7, 11) is 0. The molecule has 0 aliphatic carbocycles. The first-order valence-electron chi connectivity index (χ1n) is 7.76. The van der Waals surface area contributed by atoms with Crippen LogP contribution in [0.5, 0.6) is 0 Å². The Bertz CT molecular complexity index is 681. The van der Waals surface area contributed by atoms with Crippen LogP contribution in [-0.2, 0) is 4.74 Å². The number of nitrogens with zero attached hydrogens (tertiary/aromatic N) is 4. The smallest absolute Gasteiger partial charge is 0.227 e. The van der Waals surface area contributed by atoms with Gasteiger partial charge in [-0.15, -0.1) is 0 Å². The van der Waals surface area contributed by atoms with Gasteiger partial charge in [-0.2, -0.15) is 10.1 Å². The zero-order valence-electron chi connectivity index (χ0n) is 13.5. The summed E-state index contributed by atoms with van der Waals surface area (Å²) in [6, 6.07) is 12.0. The molecule has 1 N–H and O–H groups in total. The van der Waals surface area contributed by atoms with Gasteiger partial charge in [0.25, 0.3) is 0 Å². The molecule has 2 aromatic rings. The fraction of sp³-hybridized carbons (Fsp3) is 0.353. The van der Waals surface area contributed by atoms with Crippen LogP contribution in [0.3, 0.4) is 0 Å². The predicted molar refractivity (Wildman–Crippen MR) is 92.1 cm³/mol. The quantitative estimate of drug-likeness (QED) is 0.694. The largest absolute Gasteiger partial charge is 0.378 e. The standard InChI is InChI=1S/C17H21N5O/c1-13-12-16(19-17(18-13)22-8-10-23-11-9-22)21-20-14(2)15-6-4-3-5-7-15/h3-7,12H,8-11H2,1-2H3,(H,18,19,21)/b20-14-. The normalized spacial score (nSPS) is 15.6. The molecule has 23 heavy (non-hydrogen) atoms. The summed E-state index contributed by atoms with van der Waals surface area (Å²) in [4.78, 5) is 11.2. The molecule has 0 radical (unpaired) electrons. The van der Waals surface area contributed by atoms with Crippen LogP contribution < -0.4 is 10.3 Å². The van der Waals surface area contributed by atoms with Gasteiger partial charge in [-0.1, -0.05) is 30.3 Å². The van der Waals surface area contributed by atoms with Crippen LogP contribution in [-0.4, -0.2) is 42.0 Å². The minimum atomic E-state index is 0.703. The van der Waals surface area contributed by atoms with Gasteiger partial charge in [0, 0.05) is 24.8 Å². The van der Waals surface area contributed by atoms with E-state index >= 15 is 0 Å². The number of nitrogens with one attached hydrogen (secondary N) is 1. The maximum atomic E-state index is 5.37. The van der Waals surface area contributed by atoms with E-state index in [-0.39, 0.29) is 0 Å². The minimum Gasteiger partial charge on any atom is -0.378 e. The fourth-order valence-corrected chi connectivity index (χ4v) is 2.40. The number of benzene rings is 1. The Labute approximate surface area is 136 Å². The van der Waals surface area contributed by atoms with Gasteiger partial charge in [-0.3, -0.25) is 5.43 Å². The van der Waals surface area contributed by atoms with Crippen molar-refractivity contribution in [3.05, 3.63) is 47.7 Å². The van der Waals surface area contributed by atoms with Gasteiger partial charge >= 0.3 is 0 Å². The highest BCUT2D eigenvalue weighted by Crippen LogP contribution is 2.15. The molecule has 2 heterocycles. The van der Waals surface area contributed by atoms with Crippen molar-refractivity contribution in [1.82, 2.24) is 9.97 Å². The van der Waals surface area contributed by atoms with Crippen molar-refractivity contribution in [2.75, 3.05) is 36.6 Å². The number of ether oxygens (including phenoxy) is 1. The molecule has 1 aromatic carbocycles. The Morgan fingerprint density at radius 3 is 2.65 bits per heavy atom. The van der Waals surface area contributed by atoms with E-state index in [1.165, 1.54) is 0 Å². The summed E-state index contributed by atoms with van der Waals surface area (Å²) in [6.45, 7) is 6.99. The molecule has 0 saturated carbocycles. The number of rotatable bonds is 4. The van der Waals surface area contributed by atoms with Crippen molar-refractivity contribution in [1.29, 1.82) is 0 Å². The van der Waals surface area contributed by atoms with Crippen molar-refractivity contribution >= 4 is 17.5 Å². The first-order valence-corrected chi connectivity index (χ1v) is 7.76. The number of morpholine rings is 1. The average Bonchev–Trinajstić information content (AvgIpc) is 2.61. The van der Waals surface area contributed by atoms with E-state index in [4.69, 9.17) is 4.74 Å². The van der Waals surface area contributed by atoms with Gasteiger partial charge in [-0.25, -0.2) is 4.98 Å². The molecule has 0 spiro atoms. The zero-order chi connectivity index (χ0) is 16.1. The molecule has 0 unspecified atom stereocenters. The third-order valence-corrected chi connectivity index (χ3v) is 3.67. The monoisotopic (exact) mass is 311 g/mol. The third-order valence-electron chi connectivity index (χ3n) is 3.67. The Morgan fingerprint density at radius 1 is 1.17 bits per heavy atom. The lowest BCUT2D eigenvalue weighted by molar-refractivity contribution is 0.122. The van der Waals surface area contributed by atoms with E-state index < -0.39 is 0 Å². The van der Waals surface area contributed by atoms with Gasteiger partial charge in [-0.05, 0) is 19.4 Å². The summed E-state index contributed by atoms with van der Waals surface area (Å²) < 4.78 is 5.37. The van der Waals surface area contributed by atoms with E-state index in [0.29, 0.717) is 19.0 Å². The van der Waals surface area contributed by atoms with Crippen LogP contribution in [0.4, 0.5) is 11.8 Å². The van der Waals surface area contributed by atoms with E-state index in [2.05, 4.69) is 25.4 Å². The average molecular weight is 311 g/mol. The molecule has 0 atom stereocenters. The SMILES string of the molecule is C/C(=N/Nc1cc(C)nc(N2CCOCC2)n1)c1ccccc1. The second-order valence-corrected chi connectivity index (χ2v) is 5.47. The second-order valence-electron chi connectivity index (χ2n) is 5.47. The maximum absolute atomic E-state index is 5.37. The van der Waals surface area contributed by atoms with Gasteiger partial charge in [0.15, 0.2) is 5.82 Å². The molecule has 0 bridgehead atoms. The first-order chi connectivity index (χ1) is 11.2. The number of hydrogen-bond acceptors (Lipinski definition) is 6. The van der Waals surface area contributed by atoms with Crippen LogP contribution in [0.15, 0.2) is 41.5 Å². The summed E-state index contributed by atoms with van der Waals surface area (Å²) in [5, 5.41) is 4.43. The van der Waals surface area contributed by atoms with E-state index in [9.17, 15) is 0 Å². The van der Waals surface area contributed by atoms with Crippen LogP contribution in [0.25, 0.3) is 0 Å².